The maximum absolute atomic E-state index is 12.6. The molecule has 0 aliphatic heterocycles. The van der Waals surface area contributed by atoms with Crippen LogP contribution in [0.1, 0.15) is 29.9 Å². The molecule has 1 aromatic heterocycles. The molecule has 146 valence electrons. The van der Waals surface area contributed by atoms with Crippen molar-refractivity contribution in [3.63, 3.8) is 0 Å². The number of hydrogen-bond donors (Lipinski definition) is 2. The lowest BCUT2D eigenvalue weighted by atomic mass is 10.0. The van der Waals surface area contributed by atoms with Crippen LogP contribution in [0.2, 0.25) is 0 Å². The highest BCUT2D eigenvalue weighted by molar-refractivity contribution is 5.94. The van der Waals surface area contributed by atoms with Gasteiger partial charge in [-0.25, -0.2) is 0 Å². The molecule has 1 amide bonds. The Balaban J connectivity index is 1.70. The Morgan fingerprint density at radius 3 is 2.21 bits per heavy atom. The minimum Gasteiger partial charge on any atom is -0.467 e. The molecule has 7 heteroatoms. The number of anilines is 1. The highest BCUT2D eigenvalue weighted by Gasteiger charge is 2.30. The largest absolute Gasteiger partial charge is 0.467 e. The Labute approximate surface area is 160 Å². The Kier molecular flexibility index (Phi) is 5.84. The van der Waals surface area contributed by atoms with Crippen LogP contribution in [0.25, 0.3) is 0 Å². The van der Waals surface area contributed by atoms with Crippen molar-refractivity contribution in [1.82, 2.24) is 5.32 Å². The van der Waals surface area contributed by atoms with Crippen LogP contribution < -0.4 is 10.6 Å². The zero-order valence-electron chi connectivity index (χ0n) is 15.0. The minimum absolute atomic E-state index is 0.293. The summed E-state index contributed by atoms with van der Waals surface area (Å²) in [5.74, 6) is 0.285. The number of hydrogen-bond acceptors (Lipinski definition) is 3. The van der Waals surface area contributed by atoms with Crippen molar-refractivity contribution in [1.29, 1.82) is 0 Å². The SMILES string of the molecule is C[C@@H](N[C@H](c1ccccc1)c1ccco1)C(=O)Nc1ccc(C(F)(F)F)cc1. The van der Waals surface area contributed by atoms with E-state index in [1.165, 1.54) is 12.1 Å². The van der Waals surface area contributed by atoms with Gasteiger partial charge in [0, 0.05) is 5.69 Å². The average Bonchev–Trinajstić information content (AvgIpc) is 3.20. The van der Waals surface area contributed by atoms with E-state index in [-0.39, 0.29) is 11.9 Å². The molecule has 3 aromatic rings. The Hall–Kier alpha value is -3.06. The molecule has 0 saturated carbocycles. The molecular weight excluding hydrogens is 369 g/mol. The van der Waals surface area contributed by atoms with Gasteiger partial charge >= 0.3 is 6.18 Å². The van der Waals surface area contributed by atoms with E-state index in [1.54, 1.807) is 19.3 Å². The van der Waals surface area contributed by atoms with Crippen LogP contribution in [-0.4, -0.2) is 11.9 Å². The zero-order valence-corrected chi connectivity index (χ0v) is 15.0. The summed E-state index contributed by atoms with van der Waals surface area (Å²) in [5.41, 5.74) is 0.450. The molecule has 2 atom stereocenters. The maximum atomic E-state index is 12.6. The predicted octanol–water partition coefficient (Wildman–Crippen LogP) is 5.00. The van der Waals surface area contributed by atoms with Crippen molar-refractivity contribution in [2.24, 2.45) is 0 Å². The number of carbonyl (C=O) groups excluding carboxylic acids is 1. The Morgan fingerprint density at radius 2 is 1.64 bits per heavy atom. The number of rotatable bonds is 6. The van der Waals surface area contributed by atoms with E-state index < -0.39 is 17.8 Å². The van der Waals surface area contributed by atoms with Gasteiger partial charge < -0.3 is 9.73 Å². The number of halogens is 3. The molecule has 0 saturated heterocycles. The molecule has 0 unspecified atom stereocenters. The van der Waals surface area contributed by atoms with Crippen LogP contribution in [0.3, 0.4) is 0 Å². The first-order chi connectivity index (χ1) is 13.3. The average molecular weight is 388 g/mol. The maximum Gasteiger partial charge on any atom is 0.416 e. The number of alkyl halides is 3. The van der Waals surface area contributed by atoms with E-state index in [2.05, 4.69) is 10.6 Å². The summed E-state index contributed by atoms with van der Waals surface area (Å²) in [6.45, 7) is 1.68. The van der Waals surface area contributed by atoms with Gasteiger partial charge in [0.1, 0.15) is 5.76 Å². The van der Waals surface area contributed by atoms with Gasteiger partial charge in [0.2, 0.25) is 5.91 Å². The van der Waals surface area contributed by atoms with E-state index >= 15 is 0 Å². The van der Waals surface area contributed by atoms with Crippen LogP contribution in [0, 0.1) is 0 Å². The summed E-state index contributed by atoms with van der Waals surface area (Å²) < 4.78 is 43.4. The standard InChI is InChI=1S/C21H19F3N2O2/c1-14(20(27)26-17-11-9-16(10-12-17)21(22,23)24)25-19(18-8-5-13-28-18)15-6-3-2-4-7-15/h2-14,19,25H,1H3,(H,26,27)/t14-,19-/m1/s1. The van der Waals surface area contributed by atoms with E-state index in [1.807, 2.05) is 36.4 Å². The quantitative estimate of drug-likeness (QED) is 0.625. The van der Waals surface area contributed by atoms with Gasteiger partial charge in [0.15, 0.2) is 0 Å². The molecule has 28 heavy (non-hydrogen) atoms. The van der Waals surface area contributed by atoms with Crippen LogP contribution in [0.15, 0.2) is 77.4 Å². The van der Waals surface area contributed by atoms with Gasteiger partial charge in [-0.2, -0.15) is 13.2 Å². The first-order valence-corrected chi connectivity index (χ1v) is 8.67. The lowest BCUT2D eigenvalue weighted by molar-refractivity contribution is -0.137. The highest BCUT2D eigenvalue weighted by atomic mass is 19.4. The predicted molar refractivity (Wildman–Crippen MR) is 99.7 cm³/mol. The minimum atomic E-state index is -4.41. The van der Waals surface area contributed by atoms with Gasteiger partial charge in [0.25, 0.3) is 0 Å². The fourth-order valence-corrected chi connectivity index (χ4v) is 2.76. The Morgan fingerprint density at radius 1 is 0.964 bits per heavy atom. The van der Waals surface area contributed by atoms with Gasteiger partial charge in [0.05, 0.1) is 23.9 Å². The van der Waals surface area contributed by atoms with Crippen molar-refractivity contribution in [2.45, 2.75) is 25.2 Å². The van der Waals surface area contributed by atoms with Crippen LogP contribution in [-0.2, 0) is 11.0 Å². The third-order valence-electron chi connectivity index (χ3n) is 4.25. The molecule has 0 bridgehead atoms. The van der Waals surface area contributed by atoms with Crippen molar-refractivity contribution < 1.29 is 22.4 Å². The van der Waals surface area contributed by atoms with Crippen molar-refractivity contribution in [3.05, 3.63) is 89.9 Å². The topological polar surface area (TPSA) is 54.3 Å². The lowest BCUT2D eigenvalue weighted by Crippen LogP contribution is -2.40. The fourth-order valence-electron chi connectivity index (χ4n) is 2.76. The zero-order chi connectivity index (χ0) is 20.1. The Bertz CT molecular complexity index is 892. The second-order valence-corrected chi connectivity index (χ2v) is 6.31. The summed E-state index contributed by atoms with van der Waals surface area (Å²) in [6, 6.07) is 16.4. The van der Waals surface area contributed by atoms with Gasteiger partial charge in [-0.05, 0) is 48.9 Å². The second-order valence-electron chi connectivity index (χ2n) is 6.31. The summed E-state index contributed by atoms with van der Waals surface area (Å²) in [7, 11) is 0. The number of benzene rings is 2. The molecule has 0 fully saturated rings. The van der Waals surface area contributed by atoms with Crippen molar-refractivity contribution in [2.75, 3.05) is 5.32 Å². The molecular formula is C21H19F3N2O2. The summed E-state index contributed by atoms with van der Waals surface area (Å²) >= 11 is 0. The summed E-state index contributed by atoms with van der Waals surface area (Å²) in [4.78, 5) is 12.5. The molecule has 4 nitrogen and oxygen atoms in total. The molecule has 2 N–H and O–H groups in total. The molecule has 2 aromatic carbocycles. The number of furan rings is 1. The first-order valence-electron chi connectivity index (χ1n) is 8.67. The third kappa shape index (κ3) is 4.80. The lowest BCUT2D eigenvalue weighted by Gasteiger charge is -2.22. The van der Waals surface area contributed by atoms with Gasteiger partial charge in [-0.1, -0.05) is 30.3 Å². The van der Waals surface area contributed by atoms with E-state index in [9.17, 15) is 18.0 Å². The van der Waals surface area contributed by atoms with Crippen LogP contribution >= 0.6 is 0 Å². The van der Waals surface area contributed by atoms with Crippen LogP contribution in [0.5, 0.6) is 0 Å². The van der Waals surface area contributed by atoms with Crippen molar-refractivity contribution >= 4 is 11.6 Å². The first kappa shape index (κ1) is 19.7. The van der Waals surface area contributed by atoms with Gasteiger partial charge in [-0.3, -0.25) is 10.1 Å². The second kappa shape index (κ2) is 8.31. The van der Waals surface area contributed by atoms with E-state index in [4.69, 9.17) is 4.42 Å². The van der Waals surface area contributed by atoms with Crippen LogP contribution in [0.4, 0.5) is 18.9 Å². The fraction of sp³-hybridized carbons (Fsp3) is 0.190. The molecule has 0 aliphatic carbocycles. The van der Waals surface area contributed by atoms with Gasteiger partial charge in [-0.15, -0.1) is 0 Å². The smallest absolute Gasteiger partial charge is 0.416 e. The number of carbonyl (C=O) groups is 1. The number of amides is 1. The van der Waals surface area contributed by atoms with E-state index in [0.29, 0.717) is 11.4 Å². The molecule has 3 rings (SSSR count). The third-order valence-corrected chi connectivity index (χ3v) is 4.25. The molecule has 0 spiro atoms. The molecule has 1 heterocycles. The normalized spacial score (nSPS) is 13.7. The monoisotopic (exact) mass is 388 g/mol. The van der Waals surface area contributed by atoms with Crippen molar-refractivity contribution in [3.8, 4) is 0 Å². The van der Waals surface area contributed by atoms with E-state index in [0.717, 1.165) is 17.7 Å². The molecule has 0 aliphatic rings. The summed E-state index contributed by atoms with van der Waals surface area (Å²) in [5, 5.41) is 5.83. The highest BCUT2D eigenvalue weighted by Crippen LogP contribution is 2.30. The summed E-state index contributed by atoms with van der Waals surface area (Å²) in [6.07, 6.45) is -2.86. The molecule has 0 radical (unpaired) electrons. The number of nitrogens with one attached hydrogen (secondary N) is 2.